The van der Waals surface area contributed by atoms with E-state index < -0.39 is 14.8 Å². The molecular formula is C22H29NO3S. The number of allylic oxidation sites excluding steroid dienone is 1. The lowest BCUT2D eigenvalue weighted by atomic mass is 10.1. The Kier molecular flexibility index (Phi) is 6.84. The first-order valence-electron chi connectivity index (χ1n) is 8.98. The zero-order valence-electron chi connectivity index (χ0n) is 16.6. The maximum absolute atomic E-state index is 13.4. The zero-order valence-corrected chi connectivity index (χ0v) is 17.4. The smallest absolute Gasteiger partial charge is 0.220 e. The first-order chi connectivity index (χ1) is 12.7. The fourth-order valence-corrected chi connectivity index (χ4v) is 4.53. The van der Waals surface area contributed by atoms with Crippen molar-refractivity contribution in [2.24, 2.45) is 0 Å². The van der Waals surface area contributed by atoms with Gasteiger partial charge >= 0.3 is 0 Å². The summed E-state index contributed by atoms with van der Waals surface area (Å²) in [5, 5.41) is 0. The van der Waals surface area contributed by atoms with Crippen LogP contribution in [0.1, 0.15) is 37.0 Å². The molecule has 0 spiro atoms. The number of hydrogen-bond acceptors (Lipinski definition) is 3. The van der Waals surface area contributed by atoms with Gasteiger partial charge in [-0.05, 0) is 50.5 Å². The average molecular weight is 388 g/mol. The summed E-state index contributed by atoms with van der Waals surface area (Å²) in [4.78, 5) is 0. The molecule has 0 aromatic heterocycles. The van der Waals surface area contributed by atoms with Gasteiger partial charge in [-0.1, -0.05) is 48.0 Å². The van der Waals surface area contributed by atoms with Gasteiger partial charge in [0, 0.05) is 13.1 Å². The van der Waals surface area contributed by atoms with Gasteiger partial charge in [0.15, 0.2) is 0 Å². The van der Waals surface area contributed by atoms with Crippen molar-refractivity contribution in [1.82, 2.24) is 4.31 Å². The molecule has 0 amide bonds. The summed E-state index contributed by atoms with van der Waals surface area (Å²) in [6, 6.07) is 15.5. The van der Waals surface area contributed by atoms with Crippen molar-refractivity contribution < 1.29 is 13.2 Å². The lowest BCUT2D eigenvalue weighted by molar-refractivity contribution is 0.380. The number of rotatable bonds is 9. The molecule has 0 fully saturated rings. The molecule has 146 valence electrons. The summed E-state index contributed by atoms with van der Waals surface area (Å²) < 4.78 is 32.6. The van der Waals surface area contributed by atoms with Crippen LogP contribution in [-0.4, -0.2) is 24.6 Å². The van der Waals surface area contributed by atoms with E-state index in [2.05, 4.69) is 6.58 Å². The van der Waals surface area contributed by atoms with Crippen LogP contribution in [0.15, 0.2) is 61.2 Å². The van der Waals surface area contributed by atoms with Gasteiger partial charge in [-0.25, -0.2) is 8.42 Å². The minimum absolute atomic E-state index is 0.306. The van der Waals surface area contributed by atoms with E-state index in [4.69, 9.17) is 4.74 Å². The molecule has 0 atom stereocenters. The highest BCUT2D eigenvalue weighted by atomic mass is 32.2. The summed E-state index contributed by atoms with van der Waals surface area (Å²) in [6.07, 6.45) is 2.05. The van der Waals surface area contributed by atoms with Crippen molar-refractivity contribution in [2.45, 2.75) is 45.0 Å². The molecule has 0 saturated carbocycles. The Labute approximate surface area is 163 Å². The molecule has 2 aromatic carbocycles. The number of aryl methyl sites for hydroxylation is 1. The van der Waals surface area contributed by atoms with Gasteiger partial charge in [-0.3, -0.25) is 0 Å². The normalized spacial score (nSPS) is 12.2. The van der Waals surface area contributed by atoms with Crippen LogP contribution in [0.2, 0.25) is 0 Å². The fraction of sp³-hybridized carbons (Fsp3) is 0.364. The maximum Gasteiger partial charge on any atom is 0.220 e. The zero-order chi connectivity index (χ0) is 20.1. The van der Waals surface area contributed by atoms with Crippen molar-refractivity contribution in [3.63, 3.8) is 0 Å². The SMILES string of the molecule is C=CCC(C)(C)S(=O)(=O)N(Cc1ccc(C)cc1)Cc1ccc(OC)cc1. The number of hydrogen-bond donors (Lipinski definition) is 0. The van der Waals surface area contributed by atoms with E-state index >= 15 is 0 Å². The summed E-state index contributed by atoms with van der Waals surface area (Å²) in [5.74, 6) is 0.749. The third kappa shape index (κ3) is 5.21. The van der Waals surface area contributed by atoms with Crippen molar-refractivity contribution >= 4 is 10.0 Å². The van der Waals surface area contributed by atoms with Crippen LogP contribution in [-0.2, 0) is 23.1 Å². The highest BCUT2D eigenvalue weighted by Crippen LogP contribution is 2.28. The van der Waals surface area contributed by atoms with Gasteiger partial charge in [0.25, 0.3) is 0 Å². The van der Waals surface area contributed by atoms with Crippen molar-refractivity contribution in [3.05, 3.63) is 77.9 Å². The van der Waals surface area contributed by atoms with E-state index in [1.54, 1.807) is 31.3 Å². The number of sulfonamides is 1. The monoisotopic (exact) mass is 387 g/mol. The Balaban J connectivity index is 2.37. The molecule has 0 bridgehead atoms. The lowest BCUT2D eigenvalue weighted by Crippen LogP contribution is -2.43. The summed E-state index contributed by atoms with van der Waals surface area (Å²) in [6.45, 7) is 9.87. The van der Waals surface area contributed by atoms with E-state index in [1.807, 2.05) is 55.5 Å². The van der Waals surface area contributed by atoms with Crippen LogP contribution >= 0.6 is 0 Å². The average Bonchev–Trinajstić information content (AvgIpc) is 2.63. The van der Waals surface area contributed by atoms with Crippen LogP contribution in [0, 0.1) is 6.92 Å². The van der Waals surface area contributed by atoms with Crippen LogP contribution in [0.3, 0.4) is 0 Å². The van der Waals surface area contributed by atoms with Gasteiger partial charge < -0.3 is 4.74 Å². The predicted molar refractivity (Wildman–Crippen MR) is 111 cm³/mol. The number of nitrogens with zero attached hydrogens (tertiary/aromatic N) is 1. The van der Waals surface area contributed by atoms with E-state index in [1.165, 1.54) is 0 Å². The molecule has 5 heteroatoms. The molecule has 27 heavy (non-hydrogen) atoms. The van der Waals surface area contributed by atoms with Gasteiger partial charge in [0.2, 0.25) is 10.0 Å². The lowest BCUT2D eigenvalue weighted by Gasteiger charge is -2.32. The molecule has 0 N–H and O–H groups in total. The summed E-state index contributed by atoms with van der Waals surface area (Å²) in [5.41, 5.74) is 3.03. The van der Waals surface area contributed by atoms with Crippen LogP contribution in [0.4, 0.5) is 0 Å². The third-order valence-electron chi connectivity index (χ3n) is 4.67. The predicted octanol–water partition coefficient (Wildman–Crippen LogP) is 4.69. The van der Waals surface area contributed by atoms with E-state index in [9.17, 15) is 8.42 Å². The highest BCUT2D eigenvalue weighted by molar-refractivity contribution is 7.90. The third-order valence-corrected chi connectivity index (χ3v) is 7.17. The van der Waals surface area contributed by atoms with Crippen LogP contribution in [0.5, 0.6) is 5.75 Å². The number of benzene rings is 2. The molecule has 0 heterocycles. The molecule has 0 aliphatic rings. The second kappa shape index (κ2) is 8.72. The second-order valence-corrected chi connectivity index (χ2v) is 9.93. The van der Waals surface area contributed by atoms with Crippen molar-refractivity contribution in [2.75, 3.05) is 7.11 Å². The standard InChI is InChI=1S/C22H29NO3S/c1-6-15-22(3,4)27(24,25)23(16-19-9-7-18(2)8-10-19)17-20-11-13-21(26-5)14-12-20/h6-14H,1,15-17H2,2-5H3. The molecule has 0 aliphatic carbocycles. The minimum atomic E-state index is -3.55. The maximum atomic E-state index is 13.4. The summed E-state index contributed by atoms with van der Waals surface area (Å²) in [7, 11) is -1.94. The Hall–Kier alpha value is -2.11. The Morgan fingerprint density at radius 3 is 1.93 bits per heavy atom. The first-order valence-corrected chi connectivity index (χ1v) is 10.4. The Morgan fingerprint density at radius 1 is 1.00 bits per heavy atom. The number of ether oxygens (including phenoxy) is 1. The molecule has 4 nitrogen and oxygen atoms in total. The minimum Gasteiger partial charge on any atom is -0.497 e. The van der Waals surface area contributed by atoms with Gasteiger partial charge in [0.05, 0.1) is 11.9 Å². The van der Waals surface area contributed by atoms with E-state index in [0.717, 1.165) is 22.4 Å². The van der Waals surface area contributed by atoms with Crippen LogP contribution < -0.4 is 4.74 Å². The van der Waals surface area contributed by atoms with Gasteiger partial charge in [-0.2, -0.15) is 4.31 Å². The van der Waals surface area contributed by atoms with Crippen LogP contribution in [0.25, 0.3) is 0 Å². The highest BCUT2D eigenvalue weighted by Gasteiger charge is 2.38. The van der Waals surface area contributed by atoms with Gasteiger partial charge in [0.1, 0.15) is 5.75 Å². The van der Waals surface area contributed by atoms with E-state index in [0.29, 0.717) is 19.5 Å². The molecule has 0 radical (unpaired) electrons. The molecule has 0 saturated heterocycles. The quantitative estimate of drug-likeness (QED) is 0.587. The molecule has 2 aromatic rings. The second-order valence-electron chi connectivity index (χ2n) is 7.36. The molecular weight excluding hydrogens is 358 g/mol. The van der Waals surface area contributed by atoms with Crippen molar-refractivity contribution in [1.29, 1.82) is 0 Å². The van der Waals surface area contributed by atoms with E-state index in [-0.39, 0.29) is 0 Å². The molecule has 2 rings (SSSR count). The largest absolute Gasteiger partial charge is 0.497 e. The topological polar surface area (TPSA) is 46.6 Å². The van der Waals surface area contributed by atoms with Crippen molar-refractivity contribution in [3.8, 4) is 5.75 Å². The van der Waals surface area contributed by atoms with Gasteiger partial charge in [-0.15, -0.1) is 6.58 Å². The number of methoxy groups -OCH3 is 1. The molecule has 0 unspecified atom stereocenters. The first kappa shape index (κ1) is 21.2. The Bertz CT molecular complexity index is 853. The Morgan fingerprint density at radius 2 is 1.48 bits per heavy atom. The molecule has 0 aliphatic heterocycles. The fourth-order valence-electron chi connectivity index (χ4n) is 2.86. The summed E-state index contributed by atoms with van der Waals surface area (Å²) >= 11 is 0.